The number of nitriles is 1. The Morgan fingerprint density at radius 2 is 2.03 bits per heavy atom. The molecule has 4 heterocycles. The Morgan fingerprint density at radius 3 is 2.72 bits per heavy atom. The van der Waals surface area contributed by atoms with Crippen molar-refractivity contribution in [1.29, 1.82) is 5.26 Å². The first kappa shape index (κ1) is 22.3. The number of hydrogen-bond donors (Lipinski definition) is 1. The number of rotatable bonds is 4. The van der Waals surface area contributed by atoms with Crippen LogP contribution < -0.4 is 5.73 Å². The summed E-state index contributed by atoms with van der Waals surface area (Å²) in [4.78, 5) is 16.0. The van der Waals surface area contributed by atoms with E-state index in [0.717, 1.165) is 0 Å². The average Bonchev–Trinajstić information content (AvgIpc) is 3.35. The maximum absolute atomic E-state index is 12.1. The molecule has 0 aromatic carbocycles. The van der Waals surface area contributed by atoms with Crippen molar-refractivity contribution in [2.24, 2.45) is 5.41 Å². The first-order valence-electron chi connectivity index (χ1n) is 10.3. The van der Waals surface area contributed by atoms with Crippen molar-refractivity contribution in [3.05, 3.63) is 24.2 Å². The molecule has 2 N–H and O–H groups in total. The molecule has 2 aromatic rings. The van der Waals surface area contributed by atoms with Crippen LogP contribution >= 0.6 is 0 Å². The number of hydrogen-bond acceptors (Lipinski definition) is 10. The molecular formula is C21H27N5O6. The lowest BCUT2D eigenvalue weighted by molar-refractivity contribution is -0.205. The number of carbonyl (C=O) groups is 1. The van der Waals surface area contributed by atoms with Crippen molar-refractivity contribution in [3.8, 4) is 6.07 Å². The number of nitrogens with zero attached hydrogens (tertiary/aromatic N) is 4. The van der Waals surface area contributed by atoms with Gasteiger partial charge in [0, 0.05) is 0 Å². The van der Waals surface area contributed by atoms with E-state index in [1.165, 1.54) is 10.8 Å². The second-order valence-electron chi connectivity index (χ2n) is 9.60. The second-order valence-corrected chi connectivity index (χ2v) is 9.60. The molecule has 0 saturated carbocycles. The zero-order chi connectivity index (χ0) is 23.3. The summed E-state index contributed by atoms with van der Waals surface area (Å²) in [5, 5.41) is 14.5. The first-order chi connectivity index (χ1) is 15.0. The molecule has 2 aliphatic heterocycles. The summed E-state index contributed by atoms with van der Waals surface area (Å²) in [6.07, 6.45) is -1.75. The normalized spacial score (nSPS) is 28.9. The summed E-state index contributed by atoms with van der Waals surface area (Å²) in [7, 11) is 0. The van der Waals surface area contributed by atoms with Gasteiger partial charge in [0.1, 0.15) is 42.8 Å². The number of anilines is 1. The van der Waals surface area contributed by atoms with Gasteiger partial charge in [-0.15, -0.1) is 0 Å². The van der Waals surface area contributed by atoms with Crippen LogP contribution in [-0.4, -0.2) is 58.1 Å². The fourth-order valence-corrected chi connectivity index (χ4v) is 3.93. The molecule has 0 bridgehead atoms. The minimum absolute atomic E-state index is 0.173. The van der Waals surface area contributed by atoms with Crippen molar-refractivity contribution < 1.29 is 28.5 Å². The van der Waals surface area contributed by atoms with Gasteiger partial charge in [0.05, 0.1) is 12.3 Å². The van der Waals surface area contributed by atoms with E-state index in [4.69, 9.17) is 29.4 Å². The Balaban J connectivity index is 1.62. The standard InChI is InChI=1S/C21H27N5O6/c1-19(2,3)10-29-18(27)28-8-13-15-16(32-20(4,5)31-15)21(9-22,30-13)14-7-6-12-17(23)24-11-25-26(12)14/h6-7,11,13,15-16H,8,10H2,1-5H3,(H2,23,24,25)/t13-,15-,16-,21+/m1/s1. The number of aromatic nitrogens is 3. The van der Waals surface area contributed by atoms with Crippen LogP contribution in [0.3, 0.4) is 0 Å². The van der Waals surface area contributed by atoms with Crippen LogP contribution in [0.25, 0.3) is 5.52 Å². The third-order valence-electron chi connectivity index (χ3n) is 5.25. The van der Waals surface area contributed by atoms with E-state index < -0.39 is 35.9 Å². The van der Waals surface area contributed by atoms with Gasteiger partial charge in [-0.1, -0.05) is 20.8 Å². The van der Waals surface area contributed by atoms with Crippen LogP contribution in [0.15, 0.2) is 18.5 Å². The first-order valence-corrected chi connectivity index (χ1v) is 10.3. The molecule has 11 nitrogen and oxygen atoms in total. The molecule has 32 heavy (non-hydrogen) atoms. The summed E-state index contributed by atoms with van der Waals surface area (Å²) in [6, 6.07) is 5.64. The highest BCUT2D eigenvalue weighted by Crippen LogP contribution is 2.49. The molecule has 0 aliphatic carbocycles. The van der Waals surface area contributed by atoms with Gasteiger partial charge < -0.3 is 29.4 Å². The van der Waals surface area contributed by atoms with E-state index in [-0.39, 0.29) is 24.4 Å². The summed E-state index contributed by atoms with van der Waals surface area (Å²) in [5.41, 5.74) is 5.12. The van der Waals surface area contributed by atoms with Gasteiger partial charge >= 0.3 is 6.16 Å². The number of nitrogens with two attached hydrogens (primary N) is 1. The van der Waals surface area contributed by atoms with Gasteiger partial charge in [-0.3, -0.25) is 0 Å². The molecular weight excluding hydrogens is 418 g/mol. The van der Waals surface area contributed by atoms with Gasteiger partial charge in [0.25, 0.3) is 0 Å². The quantitative estimate of drug-likeness (QED) is 0.695. The van der Waals surface area contributed by atoms with Gasteiger partial charge in [0.2, 0.25) is 5.60 Å². The molecule has 0 radical (unpaired) electrons. The minimum atomic E-state index is -1.57. The van der Waals surface area contributed by atoms with E-state index in [0.29, 0.717) is 11.2 Å². The van der Waals surface area contributed by atoms with E-state index in [1.54, 1.807) is 26.0 Å². The van der Waals surface area contributed by atoms with Crippen LogP contribution in [0.4, 0.5) is 10.6 Å². The van der Waals surface area contributed by atoms with Gasteiger partial charge in [-0.05, 0) is 31.4 Å². The third-order valence-corrected chi connectivity index (χ3v) is 5.25. The lowest BCUT2D eigenvalue weighted by Crippen LogP contribution is -2.40. The molecule has 4 atom stereocenters. The van der Waals surface area contributed by atoms with Crippen molar-refractivity contribution >= 4 is 17.5 Å². The Labute approximate surface area is 185 Å². The predicted molar refractivity (Wildman–Crippen MR) is 110 cm³/mol. The summed E-state index contributed by atoms with van der Waals surface area (Å²) in [6.45, 7) is 9.35. The topological polar surface area (TPSA) is 143 Å². The fraction of sp³-hybridized carbons (Fsp3) is 0.619. The molecule has 11 heteroatoms. The third kappa shape index (κ3) is 3.85. The number of carbonyl (C=O) groups excluding carboxylic acids is 1. The van der Waals surface area contributed by atoms with Gasteiger partial charge in [0.15, 0.2) is 11.6 Å². The fourth-order valence-electron chi connectivity index (χ4n) is 3.93. The van der Waals surface area contributed by atoms with Gasteiger partial charge in [-0.2, -0.15) is 10.4 Å². The number of nitrogen functional groups attached to an aromatic ring is 1. The monoisotopic (exact) mass is 445 g/mol. The largest absolute Gasteiger partial charge is 0.508 e. The van der Waals surface area contributed by atoms with Gasteiger partial charge in [-0.25, -0.2) is 14.3 Å². The lowest BCUT2D eigenvalue weighted by atomic mass is 9.92. The van der Waals surface area contributed by atoms with E-state index in [1.807, 2.05) is 20.8 Å². The van der Waals surface area contributed by atoms with Crippen molar-refractivity contribution in [1.82, 2.24) is 14.6 Å². The van der Waals surface area contributed by atoms with Crippen LogP contribution in [0.2, 0.25) is 0 Å². The Hall–Kier alpha value is -2.94. The summed E-state index contributed by atoms with van der Waals surface area (Å²) >= 11 is 0. The molecule has 0 unspecified atom stereocenters. The molecule has 2 fully saturated rings. The van der Waals surface area contributed by atoms with Crippen molar-refractivity contribution in [2.45, 2.75) is 64.3 Å². The molecule has 2 saturated heterocycles. The lowest BCUT2D eigenvalue weighted by Gasteiger charge is -2.28. The maximum atomic E-state index is 12.1. The highest BCUT2D eigenvalue weighted by atomic mass is 16.8. The van der Waals surface area contributed by atoms with E-state index in [2.05, 4.69) is 16.2 Å². The van der Waals surface area contributed by atoms with Crippen molar-refractivity contribution in [3.63, 3.8) is 0 Å². The summed E-state index contributed by atoms with van der Waals surface area (Å²) < 4.78 is 30.2. The molecule has 4 rings (SSSR count). The number of ether oxygens (including phenoxy) is 5. The second kappa shape index (κ2) is 7.58. The van der Waals surface area contributed by atoms with Crippen LogP contribution in [-0.2, 0) is 29.3 Å². The van der Waals surface area contributed by atoms with E-state index >= 15 is 0 Å². The van der Waals surface area contributed by atoms with E-state index in [9.17, 15) is 10.1 Å². The highest BCUT2D eigenvalue weighted by molar-refractivity contribution is 5.66. The Kier molecular flexibility index (Phi) is 5.27. The SMILES string of the molecule is CC(C)(C)COC(=O)OC[C@H]1O[C@@](C#N)(c2ccc3c(N)ncnn23)[C@@H]2OC(C)(C)O[C@@H]21. The van der Waals surface area contributed by atoms with Crippen molar-refractivity contribution in [2.75, 3.05) is 18.9 Å². The summed E-state index contributed by atoms with van der Waals surface area (Å²) in [5.74, 6) is -0.702. The Bertz CT molecular complexity index is 1070. The average molecular weight is 445 g/mol. The smallest absolute Gasteiger partial charge is 0.434 e. The molecule has 0 amide bonds. The van der Waals surface area contributed by atoms with Crippen LogP contribution in [0.1, 0.15) is 40.3 Å². The number of fused-ring (bicyclic) bond motifs is 2. The van der Waals surface area contributed by atoms with Crippen LogP contribution in [0.5, 0.6) is 0 Å². The molecule has 2 aromatic heterocycles. The highest BCUT2D eigenvalue weighted by Gasteiger charge is 2.65. The molecule has 0 spiro atoms. The van der Waals surface area contributed by atoms with Crippen LogP contribution in [0, 0.1) is 16.7 Å². The minimum Gasteiger partial charge on any atom is -0.434 e. The predicted octanol–water partition coefficient (Wildman–Crippen LogP) is 2.15. The zero-order valence-electron chi connectivity index (χ0n) is 18.7. The Morgan fingerprint density at radius 1 is 1.28 bits per heavy atom. The molecule has 172 valence electrons. The maximum Gasteiger partial charge on any atom is 0.508 e. The molecule has 2 aliphatic rings. The zero-order valence-corrected chi connectivity index (χ0v) is 18.7.